The molecular formula is C12H9Br3OS. The van der Waals surface area contributed by atoms with Crippen molar-refractivity contribution in [1.82, 2.24) is 0 Å². The Hall–Kier alpha value is 0.320. The summed E-state index contributed by atoms with van der Waals surface area (Å²) in [5.74, 6) is 0. The summed E-state index contributed by atoms with van der Waals surface area (Å²) >= 11 is 12.0. The van der Waals surface area contributed by atoms with Crippen molar-refractivity contribution in [3.63, 3.8) is 0 Å². The monoisotopic (exact) mass is 438 g/mol. The van der Waals surface area contributed by atoms with Crippen LogP contribution in [0.4, 0.5) is 0 Å². The minimum absolute atomic E-state index is 0.616. The lowest BCUT2D eigenvalue weighted by Crippen LogP contribution is -1.99. The van der Waals surface area contributed by atoms with Crippen molar-refractivity contribution >= 4 is 59.1 Å². The number of aryl methyl sites for hydroxylation is 1. The number of halogens is 3. The van der Waals surface area contributed by atoms with Crippen LogP contribution < -0.4 is 0 Å². The molecule has 0 radical (unpaired) electrons. The van der Waals surface area contributed by atoms with Crippen molar-refractivity contribution in [2.24, 2.45) is 0 Å². The van der Waals surface area contributed by atoms with Gasteiger partial charge in [-0.1, -0.05) is 31.9 Å². The molecule has 0 saturated heterocycles. The molecule has 2 rings (SSSR count). The van der Waals surface area contributed by atoms with Gasteiger partial charge in [0, 0.05) is 23.9 Å². The third-order valence-electron chi connectivity index (χ3n) is 2.34. The van der Waals surface area contributed by atoms with Crippen molar-refractivity contribution in [3.05, 3.63) is 53.0 Å². The van der Waals surface area contributed by atoms with Gasteiger partial charge in [0.2, 0.25) is 0 Å². The van der Waals surface area contributed by atoms with Crippen molar-refractivity contribution in [2.45, 2.75) is 13.0 Å². The van der Waals surface area contributed by atoms with Gasteiger partial charge in [-0.3, -0.25) is 0 Å². The van der Waals surface area contributed by atoms with E-state index in [1.54, 1.807) is 11.3 Å². The van der Waals surface area contributed by atoms with Gasteiger partial charge in [0.25, 0.3) is 0 Å². The van der Waals surface area contributed by atoms with Gasteiger partial charge in [0.1, 0.15) is 6.10 Å². The van der Waals surface area contributed by atoms with Gasteiger partial charge in [-0.15, -0.1) is 11.3 Å². The quantitative estimate of drug-likeness (QED) is 0.660. The highest BCUT2D eigenvalue weighted by Gasteiger charge is 2.19. The van der Waals surface area contributed by atoms with Crippen LogP contribution in [-0.4, -0.2) is 5.11 Å². The maximum atomic E-state index is 10.4. The van der Waals surface area contributed by atoms with Crippen molar-refractivity contribution in [3.8, 4) is 0 Å². The van der Waals surface area contributed by atoms with Crippen molar-refractivity contribution in [1.29, 1.82) is 0 Å². The van der Waals surface area contributed by atoms with Crippen molar-refractivity contribution < 1.29 is 5.11 Å². The van der Waals surface area contributed by atoms with Crippen LogP contribution in [0, 0.1) is 6.92 Å². The van der Waals surface area contributed by atoms with Gasteiger partial charge >= 0.3 is 0 Å². The van der Waals surface area contributed by atoms with Gasteiger partial charge in [0.05, 0.1) is 4.88 Å². The maximum Gasteiger partial charge on any atom is 0.115 e. The van der Waals surface area contributed by atoms with E-state index in [2.05, 4.69) is 47.8 Å². The first kappa shape index (κ1) is 13.7. The van der Waals surface area contributed by atoms with Gasteiger partial charge in [-0.05, 0) is 47.1 Å². The Morgan fingerprint density at radius 2 is 1.82 bits per heavy atom. The summed E-state index contributed by atoms with van der Waals surface area (Å²) in [5.41, 5.74) is 0.863. The molecule has 1 atom stereocenters. The summed E-state index contributed by atoms with van der Waals surface area (Å²) in [5, 5.41) is 10.4. The molecule has 1 heterocycles. The van der Waals surface area contributed by atoms with Crippen LogP contribution in [0.25, 0.3) is 0 Å². The molecule has 90 valence electrons. The minimum Gasteiger partial charge on any atom is -0.383 e. The summed E-state index contributed by atoms with van der Waals surface area (Å²) in [7, 11) is 0. The zero-order chi connectivity index (χ0) is 12.6. The molecule has 1 aromatic carbocycles. The summed E-state index contributed by atoms with van der Waals surface area (Å²) in [6.45, 7) is 2.03. The highest BCUT2D eigenvalue weighted by atomic mass is 79.9. The van der Waals surface area contributed by atoms with E-state index in [0.717, 1.165) is 23.9 Å². The second kappa shape index (κ2) is 5.53. The zero-order valence-electron chi connectivity index (χ0n) is 8.88. The number of thiophene rings is 1. The van der Waals surface area contributed by atoms with Gasteiger partial charge in [-0.25, -0.2) is 0 Å². The average molecular weight is 441 g/mol. The van der Waals surface area contributed by atoms with Crippen LogP contribution in [0.15, 0.2) is 37.7 Å². The molecular weight excluding hydrogens is 432 g/mol. The fourth-order valence-electron chi connectivity index (χ4n) is 1.55. The minimum atomic E-state index is -0.616. The number of rotatable bonds is 2. The summed E-state index contributed by atoms with van der Waals surface area (Å²) in [6, 6.07) is 7.82. The molecule has 1 N–H and O–H groups in total. The van der Waals surface area contributed by atoms with Crippen LogP contribution in [0.1, 0.15) is 21.4 Å². The lowest BCUT2D eigenvalue weighted by atomic mass is 10.1. The third kappa shape index (κ3) is 3.01. The van der Waals surface area contributed by atoms with Crippen LogP contribution in [0.5, 0.6) is 0 Å². The molecule has 0 aliphatic carbocycles. The first-order chi connectivity index (χ1) is 7.99. The molecule has 0 aliphatic heterocycles. The molecule has 0 bridgehead atoms. The highest BCUT2D eigenvalue weighted by molar-refractivity contribution is 9.11. The Morgan fingerprint density at radius 1 is 1.12 bits per heavy atom. The molecule has 1 aromatic heterocycles. The lowest BCUT2D eigenvalue weighted by Gasteiger charge is -2.12. The summed E-state index contributed by atoms with van der Waals surface area (Å²) in [6.07, 6.45) is -0.616. The van der Waals surface area contributed by atoms with Gasteiger partial charge in [0.15, 0.2) is 0 Å². The zero-order valence-corrected chi connectivity index (χ0v) is 14.5. The molecule has 1 nitrogen and oxygen atoms in total. The fraction of sp³-hybridized carbons (Fsp3) is 0.167. The van der Waals surface area contributed by atoms with E-state index in [-0.39, 0.29) is 0 Å². The number of hydrogen-bond acceptors (Lipinski definition) is 2. The summed E-state index contributed by atoms with van der Waals surface area (Å²) in [4.78, 5) is 2.11. The van der Waals surface area contributed by atoms with Crippen LogP contribution in [0.2, 0.25) is 0 Å². The van der Waals surface area contributed by atoms with Crippen LogP contribution in [0.3, 0.4) is 0 Å². The first-order valence-electron chi connectivity index (χ1n) is 4.88. The molecule has 17 heavy (non-hydrogen) atoms. The topological polar surface area (TPSA) is 20.2 Å². The standard InChI is InChI=1S/C12H9Br3OS/c1-6-4-10(15)12(17-6)11(16)8-5-7(13)2-3-9(8)14/h2-5,11,16H,1H3. The Labute approximate surface area is 129 Å². The summed E-state index contributed by atoms with van der Waals surface area (Å²) < 4.78 is 2.82. The van der Waals surface area contributed by atoms with E-state index in [1.165, 1.54) is 4.88 Å². The maximum absolute atomic E-state index is 10.4. The number of hydrogen-bond donors (Lipinski definition) is 1. The number of benzene rings is 1. The predicted molar refractivity (Wildman–Crippen MR) is 82.7 cm³/mol. The molecule has 0 aliphatic rings. The van der Waals surface area contributed by atoms with Gasteiger partial charge < -0.3 is 5.11 Å². The molecule has 2 aromatic rings. The Morgan fingerprint density at radius 3 is 2.41 bits per heavy atom. The largest absolute Gasteiger partial charge is 0.383 e. The lowest BCUT2D eigenvalue weighted by molar-refractivity contribution is 0.222. The van der Waals surface area contributed by atoms with E-state index in [4.69, 9.17) is 0 Å². The average Bonchev–Trinajstić information content (AvgIpc) is 2.60. The molecule has 0 spiro atoms. The number of aliphatic hydroxyl groups is 1. The van der Waals surface area contributed by atoms with Crippen molar-refractivity contribution in [2.75, 3.05) is 0 Å². The van der Waals surface area contributed by atoms with E-state index in [9.17, 15) is 5.11 Å². The van der Waals surface area contributed by atoms with Crippen LogP contribution >= 0.6 is 59.1 Å². The second-order valence-corrected chi connectivity index (χ2v) is 7.55. The van der Waals surface area contributed by atoms with E-state index < -0.39 is 6.10 Å². The smallest absolute Gasteiger partial charge is 0.115 e. The SMILES string of the molecule is Cc1cc(Br)c(C(O)c2cc(Br)ccc2Br)s1. The van der Waals surface area contributed by atoms with E-state index in [1.807, 2.05) is 31.2 Å². The molecule has 0 saturated carbocycles. The van der Waals surface area contributed by atoms with E-state index in [0.29, 0.717) is 0 Å². The fourth-order valence-corrected chi connectivity index (χ4v) is 4.27. The van der Waals surface area contributed by atoms with Crippen LogP contribution in [-0.2, 0) is 0 Å². The highest BCUT2D eigenvalue weighted by Crippen LogP contribution is 2.38. The molecule has 0 fully saturated rings. The molecule has 5 heteroatoms. The molecule has 1 unspecified atom stereocenters. The molecule has 0 amide bonds. The number of aliphatic hydroxyl groups excluding tert-OH is 1. The Balaban J connectivity index is 2.46. The normalized spacial score (nSPS) is 12.8. The first-order valence-corrected chi connectivity index (χ1v) is 8.07. The van der Waals surface area contributed by atoms with Gasteiger partial charge in [-0.2, -0.15) is 0 Å². The third-order valence-corrected chi connectivity index (χ3v) is 5.57. The Bertz CT molecular complexity index is 551. The Kier molecular flexibility index (Phi) is 4.47. The second-order valence-electron chi connectivity index (χ2n) is 3.64. The van der Waals surface area contributed by atoms with E-state index >= 15 is 0 Å². The predicted octanol–water partition coefficient (Wildman–Crippen LogP) is 5.43.